The summed E-state index contributed by atoms with van der Waals surface area (Å²) in [5.74, 6) is 1.60. The lowest BCUT2D eigenvalue weighted by Gasteiger charge is -2.05. The maximum atomic E-state index is 5.45. The number of thioether (sulfide) groups is 1. The fourth-order valence-electron chi connectivity index (χ4n) is 2.92. The Morgan fingerprint density at radius 1 is 1.17 bits per heavy atom. The van der Waals surface area contributed by atoms with Gasteiger partial charge >= 0.3 is 0 Å². The predicted octanol–water partition coefficient (Wildman–Crippen LogP) is 4.25. The molecule has 0 atom stereocenters. The number of nitrogens with one attached hydrogen (secondary N) is 1. The predicted molar refractivity (Wildman–Crippen MR) is 99.5 cm³/mol. The molecule has 0 saturated carbocycles. The molecule has 122 valence electrons. The number of hydrogen-bond donors (Lipinski definition) is 1. The zero-order valence-corrected chi connectivity index (χ0v) is 14.2. The summed E-state index contributed by atoms with van der Waals surface area (Å²) in [7, 11) is 0. The van der Waals surface area contributed by atoms with Gasteiger partial charge in [0.25, 0.3) is 0 Å². The maximum absolute atomic E-state index is 5.45. The minimum absolute atomic E-state index is 0.297. The zero-order valence-electron chi connectivity index (χ0n) is 13.4. The second kappa shape index (κ2) is 6.61. The van der Waals surface area contributed by atoms with Crippen molar-refractivity contribution in [3.05, 3.63) is 59.8 Å². The molecule has 0 saturated heterocycles. The number of rotatable bonds is 4. The number of fused-ring (bicyclic) bond motifs is 2. The Labute approximate surface area is 144 Å². The summed E-state index contributed by atoms with van der Waals surface area (Å²) in [6.45, 7) is 1.05. The number of nitrogens with zero attached hydrogens (tertiary/aromatic N) is 1. The van der Waals surface area contributed by atoms with E-state index in [1.807, 2.05) is 24.3 Å². The lowest BCUT2D eigenvalue weighted by atomic mass is 10.1. The number of para-hydroxylation sites is 1. The summed E-state index contributed by atoms with van der Waals surface area (Å²) in [5.41, 5.74) is 3.56. The standard InChI is InChI=1S/C19H18N2O2S/c1-24-19(13-6-7-17-18(10-13)23-12-22-17)20-9-8-14-11-21-16-5-3-2-4-15(14)16/h2-7,10-11,21H,8-9,12H2,1H3. The van der Waals surface area contributed by atoms with Gasteiger partial charge in [-0.05, 0) is 42.5 Å². The van der Waals surface area contributed by atoms with Crippen molar-refractivity contribution in [1.82, 2.24) is 4.98 Å². The van der Waals surface area contributed by atoms with Crippen molar-refractivity contribution in [2.75, 3.05) is 19.6 Å². The minimum Gasteiger partial charge on any atom is -0.454 e. The third-order valence-electron chi connectivity index (χ3n) is 4.12. The molecule has 1 aromatic heterocycles. The van der Waals surface area contributed by atoms with E-state index in [1.165, 1.54) is 16.5 Å². The highest BCUT2D eigenvalue weighted by Gasteiger charge is 2.15. The molecule has 0 unspecified atom stereocenters. The first-order valence-electron chi connectivity index (χ1n) is 7.88. The Morgan fingerprint density at radius 2 is 2.04 bits per heavy atom. The average Bonchev–Trinajstić information content (AvgIpc) is 3.25. The van der Waals surface area contributed by atoms with E-state index in [4.69, 9.17) is 14.5 Å². The topological polar surface area (TPSA) is 46.6 Å². The smallest absolute Gasteiger partial charge is 0.231 e. The summed E-state index contributed by atoms with van der Waals surface area (Å²) in [4.78, 5) is 8.11. The van der Waals surface area contributed by atoms with Gasteiger partial charge in [0.15, 0.2) is 11.5 Å². The van der Waals surface area contributed by atoms with Crippen LogP contribution in [0.1, 0.15) is 11.1 Å². The third-order valence-corrected chi connectivity index (χ3v) is 4.88. The Bertz CT molecular complexity index is 901. The van der Waals surface area contributed by atoms with Crippen LogP contribution in [0.5, 0.6) is 11.5 Å². The van der Waals surface area contributed by atoms with Crippen molar-refractivity contribution >= 4 is 27.7 Å². The SMILES string of the molecule is CSC(=NCCc1c[nH]c2ccccc12)c1ccc2c(c1)OCO2. The van der Waals surface area contributed by atoms with Gasteiger partial charge in [0.1, 0.15) is 0 Å². The summed E-state index contributed by atoms with van der Waals surface area (Å²) in [6.07, 6.45) is 5.05. The van der Waals surface area contributed by atoms with Crippen LogP contribution in [0.2, 0.25) is 0 Å². The average molecular weight is 338 g/mol. The fraction of sp³-hybridized carbons (Fsp3) is 0.211. The molecule has 24 heavy (non-hydrogen) atoms. The van der Waals surface area contributed by atoms with Crippen LogP contribution in [0, 0.1) is 0 Å². The summed E-state index contributed by atoms with van der Waals surface area (Å²) >= 11 is 1.66. The highest BCUT2D eigenvalue weighted by Crippen LogP contribution is 2.33. The molecular formula is C19H18N2O2S. The minimum atomic E-state index is 0.297. The van der Waals surface area contributed by atoms with Crippen molar-refractivity contribution in [3.8, 4) is 11.5 Å². The van der Waals surface area contributed by atoms with E-state index < -0.39 is 0 Å². The molecule has 4 nitrogen and oxygen atoms in total. The lowest BCUT2D eigenvalue weighted by Crippen LogP contribution is -1.98. The van der Waals surface area contributed by atoms with Crippen molar-refractivity contribution in [3.63, 3.8) is 0 Å². The Balaban J connectivity index is 1.51. The van der Waals surface area contributed by atoms with Crippen molar-refractivity contribution in [2.24, 2.45) is 4.99 Å². The first-order valence-corrected chi connectivity index (χ1v) is 9.11. The molecule has 1 aliphatic heterocycles. The van der Waals surface area contributed by atoms with Crippen molar-refractivity contribution in [2.45, 2.75) is 6.42 Å². The Morgan fingerprint density at radius 3 is 2.96 bits per heavy atom. The number of aromatic amines is 1. The quantitative estimate of drug-likeness (QED) is 0.571. The molecule has 2 heterocycles. The molecule has 1 aliphatic rings. The molecule has 2 aromatic carbocycles. The van der Waals surface area contributed by atoms with Gasteiger partial charge in [0.05, 0.1) is 5.04 Å². The first kappa shape index (κ1) is 15.1. The normalized spacial score (nSPS) is 13.6. The van der Waals surface area contributed by atoms with E-state index in [2.05, 4.69) is 35.6 Å². The summed E-state index contributed by atoms with van der Waals surface area (Å²) < 4.78 is 10.8. The number of aliphatic imine (C=N–C) groups is 1. The van der Waals surface area contributed by atoms with Gasteiger partial charge in [-0.15, -0.1) is 11.8 Å². The Hall–Kier alpha value is -2.40. The Kier molecular flexibility index (Phi) is 4.17. The number of ether oxygens (including phenoxy) is 2. The van der Waals surface area contributed by atoms with Gasteiger partial charge in [-0.3, -0.25) is 4.99 Å². The third kappa shape index (κ3) is 2.87. The molecule has 1 N–H and O–H groups in total. The molecule has 0 bridgehead atoms. The number of H-pyrrole nitrogens is 1. The monoisotopic (exact) mass is 338 g/mol. The van der Waals surface area contributed by atoms with E-state index in [1.54, 1.807) is 11.8 Å². The van der Waals surface area contributed by atoms with E-state index in [9.17, 15) is 0 Å². The zero-order chi connectivity index (χ0) is 16.4. The van der Waals surface area contributed by atoms with Crippen LogP contribution in [-0.2, 0) is 6.42 Å². The van der Waals surface area contributed by atoms with Gasteiger partial charge in [-0.2, -0.15) is 0 Å². The molecular weight excluding hydrogens is 320 g/mol. The van der Waals surface area contributed by atoms with E-state index in [-0.39, 0.29) is 0 Å². The maximum Gasteiger partial charge on any atom is 0.231 e. The molecule has 0 spiro atoms. The van der Waals surface area contributed by atoms with Crippen molar-refractivity contribution in [1.29, 1.82) is 0 Å². The van der Waals surface area contributed by atoms with Gasteiger partial charge in [-0.1, -0.05) is 18.2 Å². The van der Waals surface area contributed by atoms with Gasteiger partial charge in [0, 0.05) is 29.2 Å². The first-order chi connectivity index (χ1) is 11.8. The molecule has 0 amide bonds. The van der Waals surface area contributed by atoms with E-state index in [0.29, 0.717) is 6.79 Å². The summed E-state index contributed by atoms with van der Waals surface area (Å²) in [5, 5.41) is 2.30. The van der Waals surface area contributed by atoms with Gasteiger partial charge in [-0.25, -0.2) is 0 Å². The highest BCUT2D eigenvalue weighted by atomic mass is 32.2. The van der Waals surface area contributed by atoms with Gasteiger partial charge in [0.2, 0.25) is 6.79 Å². The van der Waals surface area contributed by atoms with Crippen LogP contribution in [0.25, 0.3) is 10.9 Å². The van der Waals surface area contributed by atoms with Crippen LogP contribution >= 0.6 is 11.8 Å². The number of hydrogen-bond acceptors (Lipinski definition) is 4. The molecule has 3 aromatic rings. The molecule has 0 aliphatic carbocycles. The molecule has 5 heteroatoms. The number of aromatic nitrogens is 1. The fourth-order valence-corrected chi connectivity index (χ4v) is 3.50. The molecule has 4 rings (SSSR count). The largest absolute Gasteiger partial charge is 0.454 e. The molecule has 0 radical (unpaired) electrons. The second-order valence-electron chi connectivity index (χ2n) is 5.57. The van der Waals surface area contributed by atoms with Crippen LogP contribution in [0.15, 0.2) is 53.7 Å². The van der Waals surface area contributed by atoms with Crippen LogP contribution < -0.4 is 9.47 Å². The highest BCUT2D eigenvalue weighted by molar-refractivity contribution is 8.13. The van der Waals surface area contributed by atoms with E-state index >= 15 is 0 Å². The van der Waals surface area contributed by atoms with Crippen LogP contribution in [-0.4, -0.2) is 29.6 Å². The van der Waals surface area contributed by atoms with Crippen LogP contribution in [0.3, 0.4) is 0 Å². The number of benzene rings is 2. The second-order valence-corrected chi connectivity index (χ2v) is 6.36. The molecule has 0 fully saturated rings. The van der Waals surface area contributed by atoms with E-state index in [0.717, 1.165) is 35.1 Å². The summed E-state index contributed by atoms with van der Waals surface area (Å²) in [6, 6.07) is 14.4. The van der Waals surface area contributed by atoms with Crippen LogP contribution in [0.4, 0.5) is 0 Å². The van der Waals surface area contributed by atoms with Gasteiger partial charge < -0.3 is 14.5 Å². The lowest BCUT2D eigenvalue weighted by molar-refractivity contribution is 0.174. The van der Waals surface area contributed by atoms with Crippen molar-refractivity contribution < 1.29 is 9.47 Å².